The summed E-state index contributed by atoms with van der Waals surface area (Å²) in [4.78, 5) is 0. The third kappa shape index (κ3) is 1.32. The van der Waals surface area contributed by atoms with Gasteiger partial charge >= 0.3 is 0 Å². The maximum atomic E-state index is 3.90. The van der Waals surface area contributed by atoms with E-state index in [9.17, 15) is 0 Å². The topological polar surface area (TPSA) is 0 Å². The summed E-state index contributed by atoms with van der Waals surface area (Å²) in [5, 5.41) is 0. The molecule has 48 valence electrons. The van der Waals surface area contributed by atoms with E-state index in [2.05, 4.69) is 31.7 Å². The van der Waals surface area contributed by atoms with E-state index in [0.29, 0.717) is 0 Å². The summed E-state index contributed by atoms with van der Waals surface area (Å²) in [5.41, 5.74) is 2.59. The molecule has 0 aromatic rings. The van der Waals surface area contributed by atoms with Gasteiger partial charge < -0.3 is 0 Å². The first-order valence-electron chi connectivity index (χ1n) is 3.41. The first kappa shape index (κ1) is 6.34. The van der Waals surface area contributed by atoms with Gasteiger partial charge in [0.25, 0.3) is 0 Å². The third-order valence-corrected chi connectivity index (χ3v) is 1.53. The highest BCUT2D eigenvalue weighted by Gasteiger charge is 2.00. The van der Waals surface area contributed by atoms with E-state index in [-0.39, 0.29) is 0 Å². The highest BCUT2D eigenvalue weighted by Crippen LogP contribution is 2.20. The van der Waals surface area contributed by atoms with Crippen molar-refractivity contribution in [3.05, 3.63) is 36.0 Å². The Hall–Kier alpha value is -0.780. The van der Waals surface area contributed by atoms with Gasteiger partial charge in [0.1, 0.15) is 0 Å². The molecule has 0 atom stereocenters. The van der Waals surface area contributed by atoms with E-state index < -0.39 is 0 Å². The van der Waals surface area contributed by atoms with Crippen molar-refractivity contribution in [3.8, 4) is 0 Å². The van der Waals surface area contributed by atoms with Crippen LogP contribution in [0.3, 0.4) is 0 Å². The Morgan fingerprint density at radius 3 is 2.78 bits per heavy atom. The third-order valence-electron chi connectivity index (χ3n) is 1.53. The van der Waals surface area contributed by atoms with Crippen LogP contribution in [-0.2, 0) is 0 Å². The Labute approximate surface area is 56.6 Å². The Bertz CT molecular complexity index is 170. The summed E-state index contributed by atoms with van der Waals surface area (Å²) in [6.07, 6.45) is 8.66. The maximum absolute atomic E-state index is 3.90. The van der Waals surface area contributed by atoms with Gasteiger partial charge in [-0.25, -0.2) is 0 Å². The Morgan fingerprint density at radius 2 is 2.33 bits per heavy atom. The van der Waals surface area contributed by atoms with Crippen molar-refractivity contribution in [2.24, 2.45) is 0 Å². The second kappa shape index (κ2) is 2.67. The molecule has 9 heavy (non-hydrogen) atoms. The fourth-order valence-corrected chi connectivity index (χ4v) is 1.01. The minimum absolute atomic E-state index is 1.17. The second-order valence-electron chi connectivity index (χ2n) is 2.33. The van der Waals surface area contributed by atoms with Crippen LogP contribution in [0.4, 0.5) is 0 Å². The molecule has 1 aliphatic carbocycles. The van der Waals surface area contributed by atoms with E-state index in [4.69, 9.17) is 0 Å². The Morgan fingerprint density at radius 1 is 1.56 bits per heavy atom. The molecule has 0 saturated carbocycles. The predicted molar refractivity (Wildman–Crippen MR) is 41.3 cm³/mol. The summed E-state index contributed by atoms with van der Waals surface area (Å²) in [6.45, 7) is 6.09. The molecule has 0 heteroatoms. The van der Waals surface area contributed by atoms with Crippen LogP contribution in [0.1, 0.15) is 19.8 Å². The van der Waals surface area contributed by atoms with Crippen molar-refractivity contribution in [3.63, 3.8) is 0 Å². The molecule has 0 bridgehead atoms. The summed E-state index contributed by atoms with van der Waals surface area (Å²) in [6, 6.07) is 0. The highest BCUT2D eigenvalue weighted by atomic mass is 14.1. The molecule has 1 rings (SSSR count). The molecule has 0 saturated heterocycles. The van der Waals surface area contributed by atoms with Crippen LogP contribution < -0.4 is 0 Å². The van der Waals surface area contributed by atoms with Crippen molar-refractivity contribution in [1.82, 2.24) is 0 Å². The van der Waals surface area contributed by atoms with Crippen molar-refractivity contribution < 1.29 is 0 Å². The average Bonchev–Trinajstić information content (AvgIpc) is 2.18. The van der Waals surface area contributed by atoms with Crippen LogP contribution in [0.5, 0.6) is 0 Å². The molecule has 0 aliphatic heterocycles. The fourth-order valence-electron chi connectivity index (χ4n) is 1.01. The molecule has 0 nitrogen and oxygen atoms in total. The zero-order chi connectivity index (χ0) is 6.69. The zero-order valence-electron chi connectivity index (χ0n) is 5.85. The molecule has 0 heterocycles. The molecule has 0 unspecified atom stereocenters. The van der Waals surface area contributed by atoms with Gasteiger partial charge in [-0.2, -0.15) is 0 Å². The standard InChI is InChI=1S/C9H12/c1-3-5-9-7-4-6-8(9)2/h4,6-7H,2-3,5H2,1H3. The van der Waals surface area contributed by atoms with Crippen molar-refractivity contribution >= 4 is 0 Å². The minimum atomic E-state index is 1.17. The summed E-state index contributed by atoms with van der Waals surface area (Å²) in [7, 11) is 0. The first-order chi connectivity index (χ1) is 4.34. The lowest BCUT2D eigenvalue weighted by Gasteiger charge is -1.98. The lowest BCUT2D eigenvalue weighted by Crippen LogP contribution is -1.78. The Kier molecular flexibility index (Phi) is 1.88. The summed E-state index contributed by atoms with van der Waals surface area (Å²) < 4.78 is 0. The van der Waals surface area contributed by atoms with E-state index >= 15 is 0 Å². The molecule has 0 N–H and O–H groups in total. The van der Waals surface area contributed by atoms with Gasteiger partial charge in [0, 0.05) is 0 Å². The van der Waals surface area contributed by atoms with Crippen LogP contribution >= 0.6 is 0 Å². The summed E-state index contributed by atoms with van der Waals surface area (Å²) >= 11 is 0. The van der Waals surface area contributed by atoms with E-state index in [0.717, 1.165) is 0 Å². The summed E-state index contributed by atoms with van der Waals surface area (Å²) in [5.74, 6) is 0. The van der Waals surface area contributed by atoms with Gasteiger partial charge in [0.2, 0.25) is 0 Å². The van der Waals surface area contributed by atoms with Crippen molar-refractivity contribution in [2.75, 3.05) is 0 Å². The van der Waals surface area contributed by atoms with Gasteiger partial charge in [-0.15, -0.1) is 0 Å². The van der Waals surface area contributed by atoms with Gasteiger partial charge in [0.15, 0.2) is 0 Å². The maximum Gasteiger partial charge on any atom is -0.0276 e. The average molecular weight is 120 g/mol. The molecular weight excluding hydrogens is 108 g/mol. The van der Waals surface area contributed by atoms with Gasteiger partial charge in [-0.3, -0.25) is 0 Å². The van der Waals surface area contributed by atoms with Crippen LogP contribution in [0.2, 0.25) is 0 Å². The number of hydrogen-bond donors (Lipinski definition) is 0. The van der Waals surface area contributed by atoms with Crippen molar-refractivity contribution in [2.45, 2.75) is 19.8 Å². The van der Waals surface area contributed by atoms with Gasteiger partial charge in [-0.1, -0.05) is 38.2 Å². The molecule has 0 aromatic heterocycles. The van der Waals surface area contributed by atoms with E-state index in [1.807, 2.05) is 0 Å². The quantitative estimate of drug-likeness (QED) is 0.525. The molecule has 0 spiro atoms. The van der Waals surface area contributed by atoms with Gasteiger partial charge in [0.05, 0.1) is 0 Å². The van der Waals surface area contributed by atoms with Crippen molar-refractivity contribution in [1.29, 1.82) is 0 Å². The first-order valence-corrected chi connectivity index (χ1v) is 3.41. The van der Waals surface area contributed by atoms with Crippen LogP contribution in [0.25, 0.3) is 0 Å². The Balaban J connectivity index is 2.54. The molecule has 0 amide bonds. The molecular formula is C9H12. The van der Waals surface area contributed by atoms with E-state index in [1.54, 1.807) is 0 Å². The number of allylic oxidation sites excluding steroid dienone is 5. The zero-order valence-corrected chi connectivity index (χ0v) is 5.85. The molecule has 1 aliphatic rings. The smallest absolute Gasteiger partial charge is 0.0276 e. The molecule has 0 radical (unpaired) electrons. The van der Waals surface area contributed by atoms with Crippen LogP contribution in [0.15, 0.2) is 36.0 Å². The predicted octanol–water partition coefficient (Wildman–Crippen LogP) is 2.84. The second-order valence-corrected chi connectivity index (χ2v) is 2.33. The normalized spacial score (nSPS) is 16.6. The molecule has 0 fully saturated rings. The fraction of sp³-hybridized carbons (Fsp3) is 0.333. The number of rotatable bonds is 2. The highest BCUT2D eigenvalue weighted by molar-refractivity contribution is 5.46. The monoisotopic (exact) mass is 120 g/mol. The lowest BCUT2D eigenvalue weighted by molar-refractivity contribution is 0.922. The van der Waals surface area contributed by atoms with Crippen LogP contribution in [-0.4, -0.2) is 0 Å². The molecule has 0 aromatic carbocycles. The SMILES string of the molecule is C=C1C=CC=C1CCC. The minimum Gasteiger partial charge on any atom is -0.0915 e. The van der Waals surface area contributed by atoms with E-state index in [1.165, 1.54) is 24.0 Å². The van der Waals surface area contributed by atoms with Crippen LogP contribution in [0, 0.1) is 0 Å². The lowest BCUT2D eigenvalue weighted by atomic mass is 10.1. The number of hydrogen-bond acceptors (Lipinski definition) is 0. The van der Waals surface area contributed by atoms with Gasteiger partial charge in [-0.05, 0) is 17.6 Å². The largest absolute Gasteiger partial charge is 0.0915 e.